The molecular formula is C21H21F2N3O2. The summed E-state index contributed by atoms with van der Waals surface area (Å²) in [6.07, 6.45) is 3.88. The van der Waals surface area contributed by atoms with Crippen LogP contribution in [-0.2, 0) is 6.54 Å². The van der Waals surface area contributed by atoms with Gasteiger partial charge in [-0.2, -0.15) is 5.10 Å². The highest BCUT2D eigenvalue weighted by atomic mass is 19.2. The molecule has 0 bridgehead atoms. The first kappa shape index (κ1) is 19.7. The van der Waals surface area contributed by atoms with Gasteiger partial charge in [0, 0.05) is 23.7 Å². The molecule has 28 heavy (non-hydrogen) atoms. The summed E-state index contributed by atoms with van der Waals surface area (Å²) in [5.41, 5.74) is -0.0811. The molecule has 3 rings (SSSR count). The van der Waals surface area contributed by atoms with Gasteiger partial charge in [-0.3, -0.25) is 9.59 Å². The fourth-order valence-corrected chi connectivity index (χ4v) is 3.01. The summed E-state index contributed by atoms with van der Waals surface area (Å²) >= 11 is 0. The number of hydrogen-bond acceptors (Lipinski definition) is 3. The summed E-state index contributed by atoms with van der Waals surface area (Å²) in [4.78, 5) is 25.4. The van der Waals surface area contributed by atoms with Crippen molar-refractivity contribution in [3.63, 3.8) is 0 Å². The van der Waals surface area contributed by atoms with E-state index in [0.717, 1.165) is 37.8 Å². The fourth-order valence-electron chi connectivity index (χ4n) is 3.01. The summed E-state index contributed by atoms with van der Waals surface area (Å²) in [6, 6.07) is 9.83. The van der Waals surface area contributed by atoms with Gasteiger partial charge >= 0.3 is 0 Å². The van der Waals surface area contributed by atoms with Crippen LogP contribution < -0.4 is 10.9 Å². The average Bonchev–Trinajstić information content (AvgIpc) is 2.69. The molecule has 7 heteroatoms. The molecule has 1 heterocycles. The van der Waals surface area contributed by atoms with Gasteiger partial charge < -0.3 is 5.32 Å². The molecule has 0 aliphatic rings. The van der Waals surface area contributed by atoms with Crippen LogP contribution in [0.1, 0.15) is 43.1 Å². The minimum absolute atomic E-state index is 0.0652. The number of nitrogens with one attached hydrogen (secondary N) is 1. The summed E-state index contributed by atoms with van der Waals surface area (Å²) in [6.45, 7) is 2.51. The first-order valence-corrected chi connectivity index (χ1v) is 9.27. The van der Waals surface area contributed by atoms with Crippen LogP contribution in [0, 0.1) is 11.6 Å². The second-order valence-electron chi connectivity index (χ2n) is 6.57. The van der Waals surface area contributed by atoms with Gasteiger partial charge in [0.05, 0.1) is 5.39 Å². The number of rotatable bonds is 7. The lowest BCUT2D eigenvalue weighted by molar-refractivity contribution is 0.102. The Morgan fingerprint density at radius 2 is 1.79 bits per heavy atom. The summed E-state index contributed by atoms with van der Waals surface area (Å²) in [5.74, 6) is -2.65. The predicted octanol–water partition coefficient (Wildman–Crippen LogP) is 4.51. The molecule has 5 nitrogen and oxygen atoms in total. The van der Waals surface area contributed by atoms with Crippen LogP contribution in [0.3, 0.4) is 0 Å². The number of carbonyl (C=O) groups is 1. The van der Waals surface area contributed by atoms with E-state index in [1.807, 2.05) is 0 Å². The highest BCUT2D eigenvalue weighted by Gasteiger charge is 2.17. The van der Waals surface area contributed by atoms with Crippen LogP contribution in [0.15, 0.2) is 47.3 Å². The van der Waals surface area contributed by atoms with Crippen molar-refractivity contribution in [3.8, 4) is 0 Å². The van der Waals surface area contributed by atoms with Gasteiger partial charge in [0.2, 0.25) is 0 Å². The van der Waals surface area contributed by atoms with Crippen molar-refractivity contribution in [2.45, 2.75) is 39.2 Å². The normalized spacial score (nSPS) is 11.0. The van der Waals surface area contributed by atoms with Crippen LogP contribution in [-0.4, -0.2) is 15.7 Å². The standard InChI is InChI=1S/C21H21F2N3O2/c1-2-3-4-7-12-26-21(28)16-9-6-5-8-15(16)19(25-26)20(27)24-14-10-11-17(22)18(23)13-14/h5-6,8-11,13H,2-4,7,12H2,1H3,(H,24,27). The molecule has 2 aromatic carbocycles. The number of anilines is 1. The van der Waals surface area contributed by atoms with E-state index in [-0.39, 0.29) is 16.9 Å². The number of hydrogen-bond donors (Lipinski definition) is 1. The molecule has 146 valence electrons. The summed E-state index contributed by atoms with van der Waals surface area (Å²) in [7, 11) is 0. The maximum atomic E-state index is 13.4. The average molecular weight is 385 g/mol. The maximum Gasteiger partial charge on any atom is 0.276 e. The second-order valence-corrected chi connectivity index (χ2v) is 6.57. The Bertz CT molecular complexity index is 1060. The molecule has 0 spiro atoms. The van der Waals surface area contributed by atoms with Gasteiger partial charge in [0.1, 0.15) is 0 Å². The topological polar surface area (TPSA) is 64.0 Å². The molecule has 0 unspecified atom stereocenters. The van der Waals surface area contributed by atoms with Crippen LogP contribution in [0.2, 0.25) is 0 Å². The van der Waals surface area contributed by atoms with Crippen LogP contribution in [0.4, 0.5) is 14.5 Å². The van der Waals surface area contributed by atoms with Crippen molar-refractivity contribution in [1.29, 1.82) is 0 Å². The molecule has 0 radical (unpaired) electrons. The Balaban J connectivity index is 1.96. The van der Waals surface area contributed by atoms with E-state index in [4.69, 9.17) is 0 Å². The maximum absolute atomic E-state index is 13.4. The van der Waals surface area contributed by atoms with Crippen LogP contribution in [0.5, 0.6) is 0 Å². The SMILES string of the molecule is CCCCCCn1nc(C(=O)Nc2ccc(F)c(F)c2)c2ccccc2c1=O. The van der Waals surface area contributed by atoms with E-state index in [0.29, 0.717) is 17.3 Å². The summed E-state index contributed by atoms with van der Waals surface area (Å²) in [5, 5.41) is 7.58. The molecule has 3 aromatic rings. The summed E-state index contributed by atoms with van der Waals surface area (Å²) < 4.78 is 27.8. The Morgan fingerprint density at radius 3 is 2.50 bits per heavy atom. The van der Waals surface area contributed by atoms with Crippen LogP contribution in [0.25, 0.3) is 10.8 Å². The number of aryl methyl sites for hydroxylation is 1. The number of nitrogens with zero attached hydrogens (tertiary/aromatic N) is 2. The number of amides is 1. The smallest absolute Gasteiger partial charge is 0.276 e. The molecular weight excluding hydrogens is 364 g/mol. The second kappa shape index (κ2) is 8.73. The lowest BCUT2D eigenvalue weighted by Crippen LogP contribution is -2.27. The van der Waals surface area contributed by atoms with Crippen molar-refractivity contribution in [3.05, 3.63) is 70.1 Å². The lowest BCUT2D eigenvalue weighted by atomic mass is 10.1. The zero-order valence-corrected chi connectivity index (χ0v) is 15.5. The molecule has 1 amide bonds. The Morgan fingerprint density at radius 1 is 1.04 bits per heavy atom. The molecule has 0 aliphatic carbocycles. The van der Waals surface area contributed by atoms with E-state index >= 15 is 0 Å². The van der Waals surface area contributed by atoms with Gasteiger partial charge in [0.15, 0.2) is 17.3 Å². The monoisotopic (exact) mass is 385 g/mol. The van der Waals surface area contributed by atoms with Gasteiger partial charge in [-0.25, -0.2) is 13.5 Å². The molecule has 0 atom stereocenters. The van der Waals surface area contributed by atoms with E-state index < -0.39 is 17.5 Å². The molecule has 0 aliphatic heterocycles. The number of carbonyl (C=O) groups excluding carboxylic acids is 1. The third-order valence-electron chi connectivity index (χ3n) is 4.48. The van der Waals surface area contributed by atoms with E-state index in [1.54, 1.807) is 24.3 Å². The Hall–Kier alpha value is -3.09. The van der Waals surface area contributed by atoms with Gasteiger partial charge in [0.25, 0.3) is 11.5 Å². The number of unbranched alkanes of at least 4 members (excludes halogenated alkanes) is 3. The molecule has 1 N–H and O–H groups in total. The number of halogens is 2. The Labute approximate surface area is 161 Å². The van der Waals surface area contributed by atoms with E-state index in [1.165, 1.54) is 10.7 Å². The van der Waals surface area contributed by atoms with Crippen LogP contribution >= 0.6 is 0 Å². The van der Waals surface area contributed by atoms with Gasteiger partial charge in [-0.05, 0) is 24.6 Å². The van der Waals surface area contributed by atoms with Gasteiger partial charge in [-0.1, -0.05) is 44.4 Å². The minimum atomic E-state index is -1.06. The minimum Gasteiger partial charge on any atom is -0.320 e. The Kier molecular flexibility index (Phi) is 6.13. The number of benzene rings is 2. The molecule has 0 fully saturated rings. The fraction of sp³-hybridized carbons (Fsp3) is 0.286. The molecule has 0 saturated heterocycles. The third-order valence-corrected chi connectivity index (χ3v) is 4.48. The highest BCUT2D eigenvalue weighted by Crippen LogP contribution is 2.17. The third kappa shape index (κ3) is 4.24. The van der Waals surface area contributed by atoms with Crippen molar-refractivity contribution in [1.82, 2.24) is 9.78 Å². The van der Waals surface area contributed by atoms with Crippen molar-refractivity contribution in [2.24, 2.45) is 0 Å². The number of aromatic nitrogens is 2. The van der Waals surface area contributed by atoms with Gasteiger partial charge in [-0.15, -0.1) is 0 Å². The van der Waals surface area contributed by atoms with E-state index in [9.17, 15) is 18.4 Å². The quantitative estimate of drug-likeness (QED) is 0.609. The van der Waals surface area contributed by atoms with Crippen molar-refractivity contribution >= 4 is 22.4 Å². The van der Waals surface area contributed by atoms with E-state index in [2.05, 4.69) is 17.3 Å². The highest BCUT2D eigenvalue weighted by molar-refractivity contribution is 6.11. The predicted molar refractivity (Wildman–Crippen MR) is 104 cm³/mol. The largest absolute Gasteiger partial charge is 0.320 e. The zero-order valence-electron chi connectivity index (χ0n) is 15.5. The lowest BCUT2D eigenvalue weighted by Gasteiger charge is -2.11. The molecule has 0 saturated carbocycles. The first-order chi connectivity index (χ1) is 13.5. The molecule has 1 aromatic heterocycles. The zero-order chi connectivity index (χ0) is 20.1. The number of fused-ring (bicyclic) bond motifs is 1. The van der Waals surface area contributed by atoms with Crippen molar-refractivity contribution in [2.75, 3.05) is 5.32 Å². The van der Waals surface area contributed by atoms with Crippen molar-refractivity contribution < 1.29 is 13.6 Å². The first-order valence-electron chi connectivity index (χ1n) is 9.27.